The van der Waals surface area contributed by atoms with Crippen LogP contribution in [0.1, 0.15) is 11.4 Å². The fraction of sp³-hybridized carbons (Fsp3) is 0.214. The quantitative estimate of drug-likeness (QED) is 0.778. The number of hydrogen-bond acceptors (Lipinski definition) is 4. The Morgan fingerprint density at radius 2 is 1.89 bits per heavy atom. The lowest BCUT2D eigenvalue weighted by atomic mass is 10.1. The molecule has 5 heteroatoms. The monoisotopic (exact) mass is 253 g/mol. The van der Waals surface area contributed by atoms with Crippen molar-refractivity contribution in [3.05, 3.63) is 47.9 Å². The molecule has 0 atom stereocenters. The highest BCUT2D eigenvalue weighted by Gasteiger charge is 2.06. The van der Waals surface area contributed by atoms with E-state index in [9.17, 15) is 0 Å². The third-order valence-electron chi connectivity index (χ3n) is 3.23. The van der Waals surface area contributed by atoms with E-state index in [2.05, 4.69) is 32.7 Å². The summed E-state index contributed by atoms with van der Waals surface area (Å²) in [6.07, 6.45) is 1.79. The van der Waals surface area contributed by atoms with Gasteiger partial charge in [0.1, 0.15) is 0 Å². The second-order valence-corrected chi connectivity index (χ2v) is 4.48. The highest BCUT2D eigenvalue weighted by atomic mass is 15.3. The van der Waals surface area contributed by atoms with Crippen LogP contribution in [0.25, 0.3) is 10.8 Å². The minimum atomic E-state index is 0.679. The number of nitrogens with one attached hydrogen (secondary N) is 1. The van der Waals surface area contributed by atoms with Crippen molar-refractivity contribution in [1.29, 1.82) is 0 Å². The van der Waals surface area contributed by atoms with Crippen molar-refractivity contribution < 1.29 is 0 Å². The van der Waals surface area contributed by atoms with E-state index in [1.54, 1.807) is 6.20 Å². The number of anilines is 1. The van der Waals surface area contributed by atoms with Crippen LogP contribution in [0.3, 0.4) is 0 Å². The maximum Gasteiger partial charge on any atom is 0.156 e. The number of rotatable bonds is 3. The smallest absolute Gasteiger partial charge is 0.156 e. The third kappa shape index (κ3) is 2.14. The fourth-order valence-corrected chi connectivity index (χ4v) is 2.12. The zero-order valence-corrected chi connectivity index (χ0v) is 11.0. The maximum atomic E-state index is 4.24. The third-order valence-corrected chi connectivity index (χ3v) is 3.23. The molecular formula is C14H15N5. The van der Waals surface area contributed by atoms with Crippen molar-refractivity contribution in [1.82, 2.24) is 20.0 Å². The van der Waals surface area contributed by atoms with Crippen LogP contribution in [0, 0.1) is 6.92 Å². The lowest BCUT2D eigenvalue weighted by Gasteiger charge is -2.09. The molecule has 5 nitrogen and oxygen atoms in total. The molecule has 96 valence electrons. The molecule has 1 aromatic carbocycles. The molecule has 0 aliphatic rings. The molecule has 1 N–H and O–H groups in total. The van der Waals surface area contributed by atoms with Gasteiger partial charge in [-0.2, -0.15) is 10.2 Å². The molecule has 0 spiro atoms. The Kier molecular flexibility index (Phi) is 2.87. The van der Waals surface area contributed by atoms with Gasteiger partial charge < -0.3 is 5.32 Å². The summed E-state index contributed by atoms with van der Waals surface area (Å²) in [6.45, 7) is 2.65. The molecule has 0 amide bonds. The molecule has 2 heterocycles. The van der Waals surface area contributed by atoms with Crippen LogP contribution in [0.15, 0.2) is 36.5 Å². The predicted molar refractivity (Wildman–Crippen MR) is 74.8 cm³/mol. The van der Waals surface area contributed by atoms with E-state index in [1.165, 1.54) is 0 Å². The number of aryl methyl sites for hydroxylation is 2. The van der Waals surface area contributed by atoms with Crippen LogP contribution < -0.4 is 5.32 Å². The summed E-state index contributed by atoms with van der Waals surface area (Å²) < 4.78 is 1.84. The van der Waals surface area contributed by atoms with E-state index in [-0.39, 0.29) is 0 Å². The minimum Gasteiger partial charge on any atom is -0.362 e. The van der Waals surface area contributed by atoms with Crippen molar-refractivity contribution in [2.75, 3.05) is 5.32 Å². The van der Waals surface area contributed by atoms with Gasteiger partial charge in [-0.05, 0) is 13.0 Å². The Balaban J connectivity index is 1.93. The van der Waals surface area contributed by atoms with E-state index in [0.29, 0.717) is 6.54 Å². The molecule has 0 bridgehead atoms. The van der Waals surface area contributed by atoms with Gasteiger partial charge in [-0.25, -0.2) is 0 Å². The molecule has 2 aromatic heterocycles. The molecule has 0 aliphatic heterocycles. The van der Waals surface area contributed by atoms with Gasteiger partial charge in [0.05, 0.1) is 17.9 Å². The van der Waals surface area contributed by atoms with Crippen LogP contribution in [0.5, 0.6) is 0 Å². The Morgan fingerprint density at radius 3 is 2.63 bits per heavy atom. The standard InChI is InChI=1S/C14H15N5/c1-10-12-5-3-4-6-13(12)14(18-17-10)15-9-11-7-8-16-19(11)2/h3-8H,9H2,1-2H3,(H,15,18). The molecule has 0 unspecified atom stereocenters. The summed E-state index contributed by atoms with van der Waals surface area (Å²) in [6, 6.07) is 10.1. The van der Waals surface area contributed by atoms with Crippen LogP contribution in [-0.2, 0) is 13.6 Å². The molecule has 0 saturated heterocycles. The van der Waals surface area contributed by atoms with Gasteiger partial charge in [0.15, 0.2) is 5.82 Å². The topological polar surface area (TPSA) is 55.6 Å². The zero-order chi connectivity index (χ0) is 13.2. The van der Waals surface area contributed by atoms with Gasteiger partial charge >= 0.3 is 0 Å². The van der Waals surface area contributed by atoms with Crippen molar-refractivity contribution in [2.24, 2.45) is 7.05 Å². The van der Waals surface area contributed by atoms with Crippen molar-refractivity contribution in [3.63, 3.8) is 0 Å². The van der Waals surface area contributed by atoms with Gasteiger partial charge in [0.25, 0.3) is 0 Å². The van der Waals surface area contributed by atoms with Crippen LogP contribution in [0.2, 0.25) is 0 Å². The number of benzene rings is 1. The first-order valence-electron chi connectivity index (χ1n) is 6.18. The summed E-state index contributed by atoms with van der Waals surface area (Å²) in [5, 5.41) is 18.1. The highest BCUT2D eigenvalue weighted by Crippen LogP contribution is 2.22. The largest absolute Gasteiger partial charge is 0.362 e. The second kappa shape index (κ2) is 4.68. The molecule has 19 heavy (non-hydrogen) atoms. The number of hydrogen-bond donors (Lipinski definition) is 1. The van der Waals surface area contributed by atoms with Crippen molar-refractivity contribution in [2.45, 2.75) is 13.5 Å². The second-order valence-electron chi connectivity index (χ2n) is 4.48. The SMILES string of the molecule is Cc1nnc(NCc2ccnn2C)c2ccccc12. The molecule has 0 radical (unpaired) electrons. The lowest BCUT2D eigenvalue weighted by molar-refractivity contribution is 0.719. The minimum absolute atomic E-state index is 0.679. The van der Waals surface area contributed by atoms with Gasteiger partial charge in [0, 0.05) is 24.0 Å². The van der Waals surface area contributed by atoms with Gasteiger partial charge in [-0.3, -0.25) is 4.68 Å². The highest BCUT2D eigenvalue weighted by molar-refractivity contribution is 5.92. The Morgan fingerprint density at radius 1 is 1.11 bits per heavy atom. The van der Waals surface area contributed by atoms with Gasteiger partial charge in [-0.1, -0.05) is 24.3 Å². The fourth-order valence-electron chi connectivity index (χ4n) is 2.12. The van der Waals surface area contributed by atoms with E-state index in [0.717, 1.165) is 28.0 Å². The van der Waals surface area contributed by atoms with E-state index in [1.807, 2.05) is 36.9 Å². The predicted octanol–water partition coefficient (Wildman–Crippen LogP) is 2.28. The van der Waals surface area contributed by atoms with Crippen LogP contribution in [0.4, 0.5) is 5.82 Å². The Bertz CT molecular complexity index is 717. The summed E-state index contributed by atoms with van der Waals surface area (Å²) in [4.78, 5) is 0. The zero-order valence-electron chi connectivity index (χ0n) is 11.0. The van der Waals surface area contributed by atoms with Gasteiger partial charge in [0.2, 0.25) is 0 Å². The van der Waals surface area contributed by atoms with Crippen molar-refractivity contribution >= 4 is 16.6 Å². The lowest BCUT2D eigenvalue weighted by Crippen LogP contribution is -2.07. The first kappa shape index (κ1) is 11.6. The average Bonchev–Trinajstić information content (AvgIpc) is 2.84. The number of nitrogens with zero attached hydrogens (tertiary/aromatic N) is 4. The molecule has 3 rings (SSSR count). The van der Waals surface area contributed by atoms with Gasteiger partial charge in [-0.15, -0.1) is 5.10 Å². The summed E-state index contributed by atoms with van der Waals surface area (Å²) >= 11 is 0. The Hall–Kier alpha value is -2.43. The number of fused-ring (bicyclic) bond motifs is 1. The van der Waals surface area contributed by atoms with Crippen LogP contribution >= 0.6 is 0 Å². The average molecular weight is 253 g/mol. The molecular weight excluding hydrogens is 238 g/mol. The summed E-state index contributed by atoms with van der Waals surface area (Å²) in [5.74, 6) is 0.808. The van der Waals surface area contributed by atoms with Crippen molar-refractivity contribution in [3.8, 4) is 0 Å². The molecule has 0 fully saturated rings. The molecule has 0 saturated carbocycles. The first-order chi connectivity index (χ1) is 9.25. The van der Waals surface area contributed by atoms with E-state index >= 15 is 0 Å². The molecule has 3 aromatic rings. The maximum absolute atomic E-state index is 4.24. The summed E-state index contributed by atoms with van der Waals surface area (Å²) in [7, 11) is 1.93. The first-order valence-corrected chi connectivity index (χ1v) is 6.18. The molecule has 0 aliphatic carbocycles. The van der Waals surface area contributed by atoms with E-state index in [4.69, 9.17) is 0 Å². The normalized spacial score (nSPS) is 10.8. The summed E-state index contributed by atoms with van der Waals surface area (Å²) in [5.41, 5.74) is 2.05. The number of aromatic nitrogens is 4. The van der Waals surface area contributed by atoms with E-state index < -0.39 is 0 Å². The van der Waals surface area contributed by atoms with Crippen LogP contribution in [-0.4, -0.2) is 20.0 Å². The Labute approximate surface area is 111 Å².